The summed E-state index contributed by atoms with van der Waals surface area (Å²) in [5, 5.41) is 14.2. The zero-order chi connectivity index (χ0) is 14.5. The third kappa shape index (κ3) is 2.97. The highest BCUT2D eigenvalue weighted by molar-refractivity contribution is 5.59. The van der Waals surface area contributed by atoms with Crippen molar-refractivity contribution in [3.63, 3.8) is 0 Å². The van der Waals surface area contributed by atoms with Crippen LogP contribution in [0.5, 0.6) is 0 Å². The van der Waals surface area contributed by atoms with Crippen molar-refractivity contribution in [2.45, 2.75) is 45.6 Å². The molecule has 0 amide bonds. The molecule has 0 spiro atoms. The van der Waals surface area contributed by atoms with Gasteiger partial charge in [0.2, 0.25) is 11.8 Å². The van der Waals surface area contributed by atoms with Gasteiger partial charge in [-0.3, -0.25) is 10.1 Å². The fraction of sp³-hybridized carbons (Fsp3) is 0.692. The average molecular weight is 279 g/mol. The number of nitrogens with one attached hydrogen (secondary N) is 1. The molecule has 0 aliphatic heterocycles. The first-order valence-corrected chi connectivity index (χ1v) is 7.19. The smallest absolute Gasteiger partial charge is 0.329 e. The quantitative estimate of drug-likeness (QED) is 0.636. The normalized spacial score (nSPS) is 15.3. The molecule has 0 bridgehead atoms. The fourth-order valence-corrected chi connectivity index (χ4v) is 2.75. The number of nitrogens with zero attached hydrogens (tertiary/aromatic N) is 4. The molecular weight excluding hydrogens is 258 g/mol. The molecule has 1 saturated carbocycles. The first-order chi connectivity index (χ1) is 9.67. The zero-order valence-corrected chi connectivity index (χ0v) is 12.0. The fourth-order valence-electron chi connectivity index (χ4n) is 2.75. The standard InChI is InChI=1S/C13H21N5O2/c1-3-14-13-15-9-11(18(19)20)12(16-13)17(4-2)10-7-5-6-8-10/h9-10H,3-8H2,1-2H3,(H,14,15,16). The summed E-state index contributed by atoms with van der Waals surface area (Å²) in [7, 11) is 0. The minimum Gasteiger partial charge on any atom is -0.354 e. The van der Waals surface area contributed by atoms with Gasteiger partial charge < -0.3 is 10.2 Å². The Labute approximate surface area is 118 Å². The highest BCUT2D eigenvalue weighted by atomic mass is 16.6. The topological polar surface area (TPSA) is 84.2 Å². The summed E-state index contributed by atoms with van der Waals surface area (Å²) in [6.07, 6.45) is 5.81. The van der Waals surface area contributed by atoms with Crippen molar-refractivity contribution in [1.29, 1.82) is 0 Å². The van der Waals surface area contributed by atoms with Crippen LogP contribution in [0.25, 0.3) is 0 Å². The third-order valence-electron chi connectivity index (χ3n) is 3.66. The van der Waals surface area contributed by atoms with E-state index in [0.717, 1.165) is 12.8 Å². The van der Waals surface area contributed by atoms with Crippen LogP contribution in [0.15, 0.2) is 6.20 Å². The Bertz CT molecular complexity index is 474. The van der Waals surface area contributed by atoms with E-state index >= 15 is 0 Å². The lowest BCUT2D eigenvalue weighted by Gasteiger charge is -2.28. The molecule has 1 aromatic heterocycles. The van der Waals surface area contributed by atoms with E-state index in [1.165, 1.54) is 19.0 Å². The Hall–Kier alpha value is -1.92. The summed E-state index contributed by atoms with van der Waals surface area (Å²) in [5.41, 5.74) is -0.0135. The lowest BCUT2D eigenvalue weighted by atomic mass is 10.2. The van der Waals surface area contributed by atoms with Gasteiger partial charge in [-0.2, -0.15) is 4.98 Å². The van der Waals surface area contributed by atoms with E-state index in [1.54, 1.807) is 0 Å². The maximum Gasteiger partial charge on any atom is 0.329 e. The summed E-state index contributed by atoms with van der Waals surface area (Å²) >= 11 is 0. The van der Waals surface area contributed by atoms with Crippen LogP contribution in [0.1, 0.15) is 39.5 Å². The Morgan fingerprint density at radius 2 is 2.15 bits per heavy atom. The van der Waals surface area contributed by atoms with Crippen molar-refractivity contribution >= 4 is 17.5 Å². The maximum atomic E-state index is 11.2. The summed E-state index contributed by atoms with van der Waals surface area (Å²) in [4.78, 5) is 21.2. The molecule has 0 atom stereocenters. The van der Waals surface area contributed by atoms with Crippen molar-refractivity contribution < 1.29 is 4.92 Å². The maximum absolute atomic E-state index is 11.2. The molecule has 1 N–H and O–H groups in total. The molecule has 2 rings (SSSR count). The largest absolute Gasteiger partial charge is 0.354 e. The van der Waals surface area contributed by atoms with Crippen LogP contribution in [0.2, 0.25) is 0 Å². The van der Waals surface area contributed by atoms with Crippen LogP contribution in [-0.2, 0) is 0 Å². The minimum absolute atomic E-state index is 0.0135. The van der Waals surface area contributed by atoms with E-state index in [4.69, 9.17) is 0 Å². The Morgan fingerprint density at radius 3 is 2.70 bits per heavy atom. The molecule has 7 nitrogen and oxygen atoms in total. The molecular formula is C13H21N5O2. The number of hydrogen-bond acceptors (Lipinski definition) is 6. The van der Waals surface area contributed by atoms with Gasteiger partial charge in [0.05, 0.1) is 4.92 Å². The van der Waals surface area contributed by atoms with Crippen LogP contribution in [0.3, 0.4) is 0 Å². The summed E-state index contributed by atoms with van der Waals surface area (Å²) < 4.78 is 0. The zero-order valence-electron chi connectivity index (χ0n) is 12.0. The van der Waals surface area contributed by atoms with Crippen molar-refractivity contribution in [1.82, 2.24) is 9.97 Å². The second kappa shape index (κ2) is 6.49. The van der Waals surface area contributed by atoms with Gasteiger partial charge in [0, 0.05) is 19.1 Å². The van der Waals surface area contributed by atoms with E-state index < -0.39 is 4.92 Å². The SMILES string of the molecule is CCNc1ncc([N+](=O)[O-])c(N(CC)C2CCCC2)n1. The molecule has 0 saturated heterocycles. The second-order valence-electron chi connectivity index (χ2n) is 4.91. The Kier molecular flexibility index (Phi) is 4.70. The molecule has 1 aliphatic rings. The van der Waals surface area contributed by atoms with E-state index in [9.17, 15) is 10.1 Å². The molecule has 0 unspecified atom stereocenters. The van der Waals surface area contributed by atoms with E-state index in [-0.39, 0.29) is 5.69 Å². The Balaban J connectivity index is 2.38. The molecule has 110 valence electrons. The van der Waals surface area contributed by atoms with E-state index in [1.807, 2.05) is 18.7 Å². The van der Waals surface area contributed by atoms with Crippen molar-refractivity contribution in [2.24, 2.45) is 0 Å². The van der Waals surface area contributed by atoms with Crippen molar-refractivity contribution in [2.75, 3.05) is 23.3 Å². The van der Waals surface area contributed by atoms with Crippen LogP contribution in [-0.4, -0.2) is 34.0 Å². The van der Waals surface area contributed by atoms with Gasteiger partial charge in [-0.1, -0.05) is 12.8 Å². The molecule has 0 aromatic carbocycles. The van der Waals surface area contributed by atoms with Gasteiger partial charge in [-0.05, 0) is 26.7 Å². The van der Waals surface area contributed by atoms with Gasteiger partial charge in [0.15, 0.2) is 0 Å². The number of hydrogen-bond donors (Lipinski definition) is 1. The van der Waals surface area contributed by atoms with Crippen LogP contribution < -0.4 is 10.2 Å². The van der Waals surface area contributed by atoms with Gasteiger partial charge in [-0.25, -0.2) is 4.98 Å². The van der Waals surface area contributed by atoms with Gasteiger partial charge in [0.25, 0.3) is 0 Å². The lowest BCUT2D eigenvalue weighted by Crippen LogP contribution is -2.34. The monoisotopic (exact) mass is 279 g/mol. The first kappa shape index (κ1) is 14.5. The number of nitro groups is 1. The number of aromatic nitrogens is 2. The van der Waals surface area contributed by atoms with E-state index in [2.05, 4.69) is 15.3 Å². The lowest BCUT2D eigenvalue weighted by molar-refractivity contribution is -0.384. The molecule has 1 aromatic rings. The predicted molar refractivity (Wildman–Crippen MR) is 78.1 cm³/mol. The van der Waals surface area contributed by atoms with E-state index in [0.29, 0.717) is 30.9 Å². The highest BCUT2D eigenvalue weighted by Gasteiger charge is 2.29. The molecule has 7 heteroatoms. The third-order valence-corrected chi connectivity index (χ3v) is 3.66. The first-order valence-electron chi connectivity index (χ1n) is 7.19. The summed E-state index contributed by atoms with van der Waals surface area (Å²) in [6.45, 7) is 5.36. The van der Waals surface area contributed by atoms with Crippen LogP contribution in [0, 0.1) is 10.1 Å². The molecule has 1 fully saturated rings. The minimum atomic E-state index is -0.400. The number of rotatable bonds is 6. The average Bonchev–Trinajstić information content (AvgIpc) is 2.94. The molecule has 1 heterocycles. The van der Waals surface area contributed by atoms with Gasteiger partial charge >= 0.3 is 5.69 Å². The highest BCUT2D eigenvalue weighted by Crippen LogP contribution is 2.32. The van der Waals surface area contributed by atoms with Crippen molar-refractivity contribution in [3.05, 3.63) is 16.3 Å². The molecule has 20 heavy (non-hydrogen) atoms. The second-order valence-corrected chi connectivity index (χ2v) is 4.91. The summed E-state index contributed by atoms with van der Waals surface area (Å²) in [5.74, 6) is 0.889. The van der Waals surface area contributed by atoms with Crippen molar-refractivity contribution in [3.8, 4) is 0 Å². The number of anilines is 2. The molecule has 1 aliphatic carbocycles. The Morgan fingerprint density at radius 1 is 1.45 bits per heavy atom. The van der Waals surface area contributed by atoms with Crippen LogP contribution in [0.4, 0.5) is 17.5 Å². The summed E-state index contributed by atoms with van der Waals surface area (Å²) in [6, 6.07) is 0.350. The van der Waals surface area contributed by atoms with Gasteiger partial charge in [-0.15, -0.1) is 0 Å². The van der Waals surface area contributed by atoms with Crippen LogP contribution >= 0.6 is 0 Å². The van der Waals surface area contributed by atoms with Gasteiger partial charge in [0.1, 0.15) is 6.20 Å². The predicted octanol–water partition coefficient (Wildman–Crippen LogP) is 2.59. The molecule has 0 radical (unpaired) electrons.